The number of halogens is 1. The van der Waals surface area contributed by atoms with Crippen LogP contribution in [-0.2, 0) is 0 Å². The number of amides is 1. The van der Waals surface area contributed by atoms with E-state index in [1.165, 1.54) is 11.3 Å². The van der Waals surface area contributed by atoms with Gasteiger partial charge in [-0.05, 0) is 34.7 Å². The molecule has 0 fully saturated rings. The molecule has 7 heteroatoms. The molecular weight excluding hydrogens is 363 g/mol. The summed E-state index contributed by atoms with van der Waals surface area (Å²) in [5, 5.41) is 5.09. The Kier molecular flexibility index (Phi) is 3.00. The summed E-state index contributed by atoms with van der Waals surface area (Å²) < 4.78 is 2.92. The molecule has 0 saturated carbocycles. The lowest BCUT2D eigenvalue weighted by molar-refractivity contribution is 0.102. The van der Waals surface area contributed by atoms with Crippen LogP contribution in [0.3, 0.4) is 0 Å². The van der Waals surface area contributed by atoms with Crippen LogP contribution in [0.2, 0.25) is 0 Å². The van der Waals surface area contributed by atoms with Gasteiger partial charge >= 0.3 is 0 Å². The van der Waals surface area contributed by atoms with Crippen LogP contribution in [0.5, 0.6) is 0 Å². The number of nitrogens with zero attached hydrogens (tertiary/aromatic N) is 3. The van der Waals surface area contributed by atoms with E-state index in [0.717, 1.165) is 9.22 Å². The zero-order valence-corrected chi connectivity index (χ0v) is 12.0. The van der Waals surface area contributed by atoms with Crippen LogP contribution in [0.15, 0.2) is 36.1 Å². The van der Waals surface area contributed by atoms with E-state index >= 15 is 0 Å². The van der Waals surface area contributed by atoms with Crippen LogP contribution < -0.4 is 5.32 Å². The summed E-state index contributed by atoms with van der Waals surface area (Å²) in [6, 6.07) is 3.83. The largest absolute Gasteiger partial charge is 0.305 e. The molecule has 3 aromatic rings. The highest BCUT2D eigenvalue weighted by atomic mass is 127. The molecule has 0 aliphatic rings. The maximum absolute atomic E-state index is 11.9. The lowest BCUT2D eigenvalue weighted by Crippen LogP contribution is -2.11. The van der Waals surface area contributed by atoms with Crippen molar-refractivity contribution in [1.29, 1.82) is 0 Å². The van der Waals surface area contributed by atoms with Crippen LogP contribution in [0.1, 0.15) is 10.5 Å². The number of pyridine rings is 1. The Morgan fingerprint density at radius 1 is 1.39 bits per heavy atom. The number of hydrogen-bond acceptors (Lipinski definition) is 4. The van der Waals surface area contributed by atoms with Crippen LogP contribution in [0.25, 0.3) is 5.65 Å². The molecule has 0 bridgehead atoms. The second-order valence-electron chi connectivity index (χ2n) is 3.53. The topological polar surface area (TPSA) is 59.3 Å². The second kappa shape index (κ2) is 4.65. The number of carbonyl (C=O) groups excluding carboxylic acids is 1. The maximum Gasteiger partial charge on any atom is 0.277 e. The number of fused-ring (bicyclic) bond motifs is 1. The predicted octanol–water partition coefficient (Wildman–Crippen LogP) is 2.65. The normalized spacial score (nSPS) is 10.7. The molecule has 18 heavy (non-hydrogen) atoms. The van der Waals surface area contributed by atoms with Crippen LogP contribution in [0.4, 0.5) is 5.13 Å². The fraction of sp³-hybridized carbons (Fsp3) is 0. The molecule has 3 aromatic heterocycles. The smallest absolute Gasteiger partial charge is 0.277 e. The van der Waals surface area contributed by atoms with Crippen LogP contribution in [-0.4, -0.2) is 20.3 Å². The minimum atomic E-state index is -0.247. The Bertz CT molecular complexity index is 707. The van der Waals surface area contributed by atoms with Gasteiger partial charge in [0.1, 0.15) is 11.3 Å². The molecule has 0 atom stereocenters. The van der Waals surface area contributed by atoms with E-state index in [1.54, 1.807) is 12.4 Å². The van der Waals surface area contributed by atoms with Gasteiger partial charge in [-0.25, -0.2) is 9.97 Å². The molecule has 3 rings (SSSR count). The molecule has 0 aliphatic carbocycles. The van der Waals surface area contributed by atoms with Gasteiger partial charge < -0.3 is 4.40 Å². The third-order valence-electron chi connectivity index (χ3n) is 2.30. The Morgan fingerprint density at radius 3 is 3.06 bits per heavy atom. The lowest BCUT2D eigenvalue weighted by Gasteiger charge is -1.95. The number of aromatic nitrogens is 3. The summed E-state index contributed by atoms with van der Waals surface area (Å²) in [7, 11) is 0. The molecule has 0 spiro atoms. The van der Waals surface area contributed by atoms with Gasteiger partial charge in [-0.1, -0.05) is 0 Å². The van der Waals surface area contributed by atoms with E-state index in [-0.39, 0.29) is 5.91 Å². The van der Waals surface area contributed by atoms with Gasteiger partial charge in [0.25, 0.3) is 5.91 Å². The molecule has 1 N–H and O–H groups in total. The summed E-state index contributed by atoms with van der Waals surface area (Å²) in [6.07, 6.45) is 5.27. The quantitative estimate of drug-likeness (QED) is 0.706. The fourth-order valence-electron chi connectivity index (χ4n) is 1.52. The summed E-state index contributed by atoms with van der Waals surface area (Å²) in [6.45, 7) is 0. The highest BCUT2D eigenvalue weighted by molar-refractivity contribution is 14.1. The zero-order valence-electron chi connectivity index (χ0n) is 9.00. The third-order valence-corrected chi connectivity index (χ3v) is 3.63. The number of nitrogens with one attached hydrogen (secondary N) is 1. The van der Waals surface area contributed by atoms with Crippen molar-refractivity contribution in [2.24, 2.45) is 0 Å². The Labute approximate surface area is 120 Å². The highest BCUT2D eigenvalue weighted by Crippen LogP contribution is 2.13. The molecule has 5 nitrogen and oxygen atoms in total. The number of hydrogen-bond donors (Lipinski definition) is 1. The molecule has 90 valence electrons. The van der Waals surface area contributed by atoms with Crippen molar-refractivity contribution in [2.45, 2.75) is 0 Å². The molecule has 0 aromatic carbocycles. The Balaban J connectivity index is 1.92. The van der Waals surface area contributed by atoms with Crippen molar-refractivity contribution >= 4 is 50.6 Å². The molecule has 0 radical (unpaired) electrons. The lowest BCUT2D eigenvalue weighted by atomic mass is 10.4. The van der Waals surface area contributed by atoms with E-state index in [1.807, 2.05) is 28.1 Å². The van der Waals surface area contributed by atoms with E-state index in [0.29, 0.717) is 10.8 Å². The molecular formula is C11H7IN4OS. The predicted molar refractivity (Wildman–Crippen MR) is 78.0 cm³/mol. The first-order valence-corrected chi connectivity index (χ1v) is 7.03. The number of thiazole rings is 1. The van der Waals surface area contributed by atoms with E-state index < -0.39 is 0 Å². The number of carbonyl (C=O) groups is 1. The summed E-state index contributed by atoms with van der Waals surface area (Å²) in [5.41, 5.74) is 1.13. The van der Waals surface area contributed by atoms with Gasteiger partial charge in [-0.15, -0.1) is 11.3 Å². The number of imidazole rings is 1. The second-order valence-corrected chi connectivity index (χ2v) is 5.67. The fourth-order valence-corrected chi connectivity index (χ4v) is 2.52. The molecule has 0 unspecified atom stereocenters. The van der Waals surface area contributed by atoms with Gasteiger partial charge in [-0.3, -0.25) is 10.1 Å². The Morgan fingerprint density at radius 2 is 2.28 bits per heavy atom. The average Bonchev–Trinajstić information content (AvgIpc) is 2.96. The van der Waals surface area contributed by atoms with Crippen molar-refractivity contribution in [3.8, 4) is 0 Å². The summed E-state index contributed by atoms with van der Waals surface area (Å²) in [5.74, 6) is -0.247. The van der Waals surface area contributed by atoms with Crippen molar-refractivity contribution in [3.63, 3.8) is 0 Å². The zero-order chi connectivity index (χ0) is 12.5. The van der Waals surface area contributed by atoms with Crippen molar-refractivity contribution < 1.29 is 4.79 Å². The summed E-state index contributed by atoms with van der Waals surface area (Å²) in [4.78, 5) is 20.2. The van der Waals surface area contributed by atoms with Crippen molar-refractivity contribution in [1.82, 2.24) is 14.4 Å². The standard InChI is InChI=1S/C11H7IN4OS/c12-7-1-2-9-14-8(6-16(9)5-7)10(17)15-11-13-3-4-18-11/h1-6H,(H,13,15,17). The maximum atomic E-state index is 11.9. The third kappa shape index (κ3) is 2.23. The van der Waals surface area contributed by atoms with Gasteiger partial charge in [-0.2, -0.15) is 0 Å². The molecule has 0 aliphatic heterocycles. The van der Waals surface area contributed by atoms with Crippen molar-refractivity contribution in [3.05, 3.63) is 45.4 Å². The van der Waals surface area contributed by atoms with Gasteiger partial charge in [0.15, 0.2) is 5.13 Å². The van der Waals surface area contributed by atoms with Crippen LogP contribution >= 0.6 is 33.9 Å². The SMILES string of the molecule is O=C(Nc1nccs1)c1cn2cc(I)ccc2n1. The van der Waals surface area contributed by atoms with Gasteiger partial charge in [0.05, 0.1) is 0 Å². The highest BCUT2D eigenvalue weighted by Gasteiger charge is 2.11. The van der Waals surface area contributed by atoms with Gasteiger partial charge in [0.2, 0.25) is 0 Å². The minimum absolute atomic E-state index is 0.247. The number of anilines is 1. The monoisotopic (exact) mass is 370 g/mol. The first-order chi connectivity index (χ1) is 8.72. The van der Waals surface area contributed by atoms with Crippen LogP contribution in [0, 0.1) is 3.57 Å². The first kappa shape index (κ1) is 11.6. The Hall–Kier alpha value is -1.48. The van der Waals surface area contributed by atoms with Gasteiger partial charge in [0, 0.05) is 27.5 Å². The molecule has 3 heterocycles. The van der Waals surface area contributed by atoms with E-state index in [2.05, 4.69) is 37.9 Å². The average molecular weight is 370 g/mol. The van der Waals surface area contributed by atoms with E-state index in [9.17, 15) is 4.79 Å². The summed E-state index contributed by atoms with van der Waals surface area (Å²) >= 11 is 3.59. The molecule has 1 amide bonds. The van der Waals surface area contributed by atoms with E-state index in [4.69, 9.17) is 0 Å². The molecule has 0 saturated heterocycles. The number of rotatable bonds is 2. The van der Waals surface area contributed by atoms with Crippen molar-refractivity contribution in [2.75, 3.05) is 5.32 Å². The first-order valence-electron chi connectivity index (χ1n) is 5.07. The minimum Gasteiger partial charge on any atom is -0.305 e.